The molecular weight excluding hydrogens is 374 g/mol. The van der Waals surface area contributed by atoms with Crippen LogP contribution in [0.25, 0.3) is 0 Å². The van der Waals surface area contributed by atoms with Gasteiger partial charge in [-0.25, -0.2) is 0 Å². The molecule has 0 spiro atoms. The van der Waals surface area contributed by atoms with E-state index in [1.165, 1.54) is 38.5 Å². The number of fused-ring (bicyclic) bond motifs is 1. The van der Waals surface area contributed by atoms with E-state index >= 15 is 0 Å². The maximum absolute atomic E-state index is 13.6. The zero-order valence-corrected chi connectivity index (χ0v) is 18.0. The highest BCUT2D eigenvalue weighted by atomic mass is 16.2. The molecule has 1 aromatic carbocycles. The fourth-order valence-corrected chi connectivity index (χ4v) is 6.49. The van der Waals surface area contributed by atoms with Gasteiger partial charge in [-0.15, -0.1) is 0 Å². The number of carbonyl (C=O) groups excluding carboxylic acids is 2. The van der Waals surface area contributed by atoms with Crippen LogP contribution in [-0.2, 0) is 4.79 Å². The Balaban J connectivity index is 1.31. The van der Waals surface area contributed by atoms with E-state index < -0.39 is 0 Å². The van der Waals surface area contributed by atoms with E-state index in [9.17, 15) is 9.59 Å². The third-order valence-corrected chi connectivity index (χ3v) is 8.10. The number of hydrogen-bond donors (Lipinski definition) is 0. The lowest BCUT2D eigenvalue weighted by Gasteiger charge is -2.40. The first-order chi connectivity index (χ1) is 14.7. The van der Waals surface area contributed by atoms with E-state index in [0.717, 1.165) is 51.5 Å². The fourth-order valence-electron chi connectivity index (χ4n) is 6.49. The van der Waals surface area contributed by atoms with Crippen molar-refractivity contribution in [2.24, 2.45) is 5.92 Å². The molecule has 2 amide bonds. The summed E-state index contributed by atoms with van der Waals surface area (Å²) in [4.78, 5) is 33.7. The number of likely N-dealkylation sites (tertiary alicyclic amines) is 1. The van der Waals surface area contributed by atoms with Crippen LogP contribution in [0.15, 0.2) is 30.3 Å². The van der Waals surface area contributed by atoms with Crippen LogP contribution in [0.4, 0.5) is 0 Å². The molecule has 5 nitrogen and oxygen atoms in total. The van der Waals surface area contributed by atoms with E-state index in [1.54, 1.807) is 0 Å². The number of piperazine rings is 1. The lowest BCUT2D eigenvalue weighted by molar-refractivity contribution is -0.137. The molecule has 2 aliphatic carbocycles. The molecule has 2 heterocycles. The van der Waals surface area contributed by atoms with Crippen LogP contribution >= 0.6 is 0 Å². The van der Waals surface area contributed by atoms with Crippen molar-refractivity contribution in [3.8, 4) is 0 Å². The van der Waals surface area contributed by atoms with Crippen LogP contribution in [-0.4, -0.2) is 70.8 Å². The Morgan fingerprint density at radius 2 is 1.47 bits per heavy atom. The molecule has 3 unspecified atom stereocenters. The van der Waals surface area contributed by atoms with Gasteiger partial charge in [-0.05, 0) is 50.2 Å². The minimum Gasteiger partial charge on any atom is -0.338 e. The Kier molecular flexibility index (Phi) is 5.81. The number of rotatable bonds is 3. The maximum Gasteiger partial charge on any atom is 0.254 e. The van der Waals surface area contributed by atoms with Gasteiger partial charge in [0.1, 0.15) is 6.04 Å². The van der Waals surface area contributed by atoms with Crippen LogP contribution < -0.4 is 0 Å². The number of nitrogens with zero attached hydrogens (tertiary/aromatic N) is 3. The van der Waals surface area contributed by atoms with Gasteiger partial charge in [0, 0.05) is 43.8 Å². The summed E-state index contributed by atoms with van der Waals surface area (Å²) in [5, 5.41) is 0. The van der Waals surface area contributed by atoms with E-state index in [2.05, 4.69) is 9.80 Å². The Labute approximate surface area is 180 Å². The highest BCUT2D eigenvalue weighted by molar-refractivity contribution is 5.98. The van der Waals surface area contributed by atoms with Gasteiger partial charge in [-0.2, -0.15) is 0 Å². The van der Waals surface area contributed by atoms with Crippen molar-refractivity contribution in [3.05, 3.63) is 35.9 Å². The fraction of sp³-hybridized carbons (Fsp3) is 0.680. The normalized spacial score (nSPS) is 30.5. The van der Waals surface area contributed by atoms with Crippen LogP contribution in [0.3, 0.4) is 0 Å². The molecule has 4 fully saturated rings. The van der Waals surface area contributed by atoms with E-state index in [4.69, 9.17) is 0 Å². The predicted molar refractivity (Wildman–Crippen MR) is 117 cm³/mol. The molecule has 0 aromatic heterocycles. The van der Waals surface area contributed by atoms with Gasteiger partial charge in [0.25, 0.3) is 5.91 Å². The summed E-state index contributed by atoms with van der Waals surface area (Å²) in [6.07, 6.45) is 10.8. The quantitative estimate of drug-likeness (QED) is 0.767. The molecule has 3 atom stereocenters. The third kappa shape index (κ3) is 3.77. The van der Waals surface area contributed by atoms with Crippen LogP contribution in [0, 0.1) is 5.92 Å². The molecule has 2 saturated carbocycles. The van der Waals surface area contributed by atoms with Crippen molar-refractivity contribution < 1.29 is 9.59 Å². The zero-order chi connectivity index (χ0) is 20.5. The molecule has 1 aromatic rings. The van der Waals surface area contributed by atoms with Gasteiger partial charge in [0.05, 0.1) is 0 Å². The Morgan fingerprint density at radius 1 is 0.800 bits per heavy atom. The van der Waals surface area contributed by atoms with E-state index in [1.807, 2.05) is 35.2 Å². The second kappa shape index (κ2) is 8.70. The van der Waals surface area contributed by atoms with Gasteiger partial charge in [-0.3, -0.25) is 14.5 Å². The van der Waals surface area contributed by atoms with Gasteiger partial charge >= 0.3 is 0 Å². The van der Waals surface area contributed by atoms with Crippen molar-refractivity contribution in [1.82, 2.24) is 14.7 Å². The standard InChI is InChI=1S/C25H35N3O2/c29-24(19-8-2-1-3-9-19)28-22-13-7-4-10-20(22)18-23(28)25(30)27-16-14-26(15-17-27)21-11-5-6-12-21/h1-3,8-9,20-23H,4-7,10-18H2. The minimum absolute atomic E-state index is 0.0490. The first-order valence-electron chi connectivity index (χ1n) is 12.1. The largest absolute Gasteiger partial charge is 0.338 e. The summed E-state index contributed by atoms with van der Waals surface area (Å²) in [7, 11) is 0. The number of carbonyl (C=O) groups is 2. The van der Waals surface area contributed by atoms with Crippen molar-refractivity contribution >= 4 is 11.8 Å². The molecule has 0 N–H and O–H groups in total. The van der Waals surface area contributed by atoms with E-state index in [0.29, 0.717) is 11.5 Å². The Morgan fingerprint density at radius 3 is 2.20 bits per heavy atom. The van der Waals surface area contributed by atoms with Crippen LogP contribution in [0.1, 0.15) is 68.1 Å². The van der Waals surface area contributed by atoms with Gasteiger partial charge < -0.3 is 9.80 Å². The average molecular weight is 410 g/mol. The highest BCUT2D eigenvalue weighted by Gasteiger charge is 2.48. The van der Waals surface area contributed by atoms with Crippen molar-refractivity contribution in [2.45, 2.75) is 75.9 Å². The SMILES string of the molecule is O=C(C1CC2CCCCC2N1C(=O)c1ccccc1)N1CCN(C2CCCC2)CC1. The maximum atomic E-state index is 13.6. The van der Waals surface area contributed by atoms with Crippen molar-refractivity contribution in [3.63, 3.8) is 0 Å². The van der Waals surface area contributed by atoms with Gasteiger partial charge in [0.15, 0.2) is 0 Å². The number of benzene rings is 1. The highest BCUT2D eigenvalue weighted by Crippen LogP contribution is 2.41. The number of amides is 2. The molecule has 2 aliphatic heterocycles. The summed E-state index contributed by atoms with van der Waals surface area (Å²) in [5.41, 5.74) is 0.715. The Hall–Kier alpha value is -1.88. The molecule has 2 saturated heterocycles. The zero-order valence-electron chi connectivity index (χ0n) is 18.0. The molecule has 0 bridgehead atoms. The molecule has 162 valence electrons. The average Bonchev–Trinajstić information content (AvgIpc) is 3.47. The topological polar surface area (TPSA) is 43.9 Å². The number of hydrogen-bond acceptors (Lipinski definition) is 3. The van der Waals surface area contributed by atoms with Crippen molar-refractivity contribution in [1.29, 1.82) is 0 Å². The molecule has 5 heteroatoms. The van der Waals surface area contributed by atoms with Crippen LogP contribution in [0.5, 0.6) is 0 Å². The molecule has 30 heavy (non-hydrogen) atoms. The molecule has 4 aliphatic rings. The summed E-state index contributed by atoms with van der Waals surface area (Å²) >= 11 is 0. The van der Waals surface area contributed by atoms with Crippen molar-refractivity contribution in [2.75, 3.05) is 26.2 Å². The van der Waals surface area contributed by atoms with Gasteiger partial charge in [0.2, 0.25) is 5.91 Å². The summed E-state index contributed by atoms with van der Waals surface area (Å²) in [6.45, 7) is 3.61. The second-order valence-corrected chi connectivity index (χ2v) is 9.74. The third-order valence-electron chi connectivity index (χ3n) is 8.10. The lowest BCUT2D eigenvalue weighted by atomic mass is 9.84. The molecular formula is C25H35N3O2. The smallest absolute Gasteiger partial charge is 0.254 e. The summed E-state index contributed by atoms with van der Waals surface area (Å²) in [6, 6.07) is 10.2. The molecule has 0 radical (unpaired) electrons. The second-order valence-electron chi connectivity index (χ2n) is 9.74. The first kappa shape index (κ1) is 20.0. The monoisotopic (exact) mass is 409 g/mol. The van der Waals surface area contributed by atoms with Gasteiger partial charge in [-0.1, -0.05) is 43.9 Å². The summed E-state index contributed by atoms with van der Waals surface area (Å²) < 4.78 is 0. The van der Waals surface area contributed by atoms with E-state index in [-0.39, 0.29) is 23.9 Å². The predicted octanol–water partition coefficient (Wildman–Crippen LogP) is 3.55. The van der Waals surface area contributed by atoms with Crippen LogP contribution in [0.2, 0.25) is 0 Å². The lowest BCUT2D eigenvalue weighted by Crippen LogP contribution is -2.56. The Bertz CT molecular complexity index is 753. The first-order valence-corrected chi connectivity index (χ1v) is 12.1. The summed E-state index contributed by atoms with van der Waals surface area (Å²) in [5.74, 6) is 0.729. The minimum atomic E-state index is -0.274. The molecule has 5 rings (SSSR count).